The number of allylic oxidation sites excluding steroid dienone is 3. The minimum Gasteiger partial charge on any atom is -0.477 e. The second-order valence-electron chi connectivity index (χ2n) is 34.6. The Labute approximate surface area is 744 Å². The van der Waals surface area contributed by atoms with Gasteiger partial charge in [0.25, 0.3) is 5.79 Å². The minimum absolute atomic E-state index is 0.162. The van der Waals surface area contributed by atoms with E-state index < -0.39 is 279 Å². The summed E-state index contributed by atoms with van der Waals surface area (Å²) in [7, 11) is 0. The summed E-state index contributed by atoms with van der Waals surface area (Å²) in [6.45, 7) is -2.97. The molecule has 0 bridgehead atoms. The zero-order chi connectivity index (χ0) is 93.1. The van der Waals surface area contributed by atoms with Crippen LogP contribution in [0.1, 0.15) is 245 Å². The van der Waals surface area contributed by atoms with E-state index in [2.05, 4.69) is 41.9 Å². The van der Waals surface area contributed by atoms with E-state index >= 15 is 0 Å². The summed E-state index contributed by atoms with van der Waals surface area (Å²) in [4.78, 5) is 52.3. The summed E-state index contributed by atoms with van der Waals surface area (Å²) < 4.78 is 70.5. The van der Waals surface area contributed by atoms with E-state index in [0.717, 1.165) is 58.3 Å². The lowest BCUT2D eigenvalue weighted by Gasteiger charge is -2.51. The molecule has 6 rings (SSSR count). The van der Waals surface area contributed by atoms with Crippen molar-refractivity contribution < 1.29 is 183 Å². The Morgan fingerprint density at radius 1 is 0.417 bits per heavy atom. The third kappa shape index (κ3) is 35.1. The van der Waals surface area contributed by atoms with Gasteiger partial charge in [-0.1, -0.05) is 205 Å². The molecule has 6 saturated heterocycles. The first kappa shape index (κ1) is 112. The Bertz CT molecular complexity index is 3050. The summed E-state index contributed by atoms with van der Waals surface area (Å²) in [6, 6.07) is -4.91. The van der Waals surface area contributed by atoms with Crippen LogP contribution in [0.15, 0.2) is 24.3 Å². The third-order valence-electron chi connectivity index (χ3n) is 24.5. The molecular formula is C87H155N3O37. The maximum atomic E-state index is 13.6. The molecule has 12 unspecified atom stereocenters. The smallest absolute Gasteiger partial charge is 0.364 e. The number of nitrogens with one attached hydrogen (secondary N) is 3. The van der Waals surface area contributed by atoms with E-state index in [0.29, 0.717) is 12.8 Å². The molecule has 0 saturated carbocycles. The Kier molecular flexibility index (Phi) is 53.2. The van der Waals surface area contributed by atoms with Crippen LogP contribution in [0.2, 0.25) is 0 Å². The van der Waals surface area contributed by atoms with Gasteiger partial charge in [0.1, 0.15) is 147 Å². The van der Waals surface area contributed by atoms with Crippen molar-refractivity contribution in [3.63, 3.8) is 0 Å². The van der Waals surface area contributed by atoms with Gasteiger partial charge in [-0.2, -0.15) is 0 Å². The Morgan fingerprint density at radius 2 is 0.803 bits per heavy atom. The first-order valence-electron chi connectivity index (χ1n) is 46.4. The number of carbonyl (C=O) groups excluding carboxylic acids is 3. The topological polar surface area (TPSA) is 640 Å². The molecule has 0 aromatic carbocycles. The van der Waals surface area contributed by atoms with Crippen molar-refractivity contribution in [2.24, 2.45) is 0 Å². The van der Waals surface area contributed by atoms with Gasteiger partial charge in [-0.05, 0) is 44.9 Å². The van der Waals surface area contributed by atoms with Gasteiger partial charge in [-0.25, -0.2) is 4.79 Å². The fourth-order valence-corrected chi connectivity index (χ4v) is 16.9. The average molecular weight is 1840 g/mol. The highest BCUT2D eigenvalue weighted by atomic mass is 16.8. The zero-order valence-electron chi connectivity index (χ0n) is 74.1. The van der Waals surface area contributed by atoms with E-state index in [1.807, 2.05) is 6.08 Å². The predicted octanol–water partition coefficient (Wildman–Crippen LogP) is -1.35. The molecule has 40 heteroatoms. The highest BCUT2D eigenvalue weighted by Gasteiger charge is 2.62. The van der Waals surface area contributed by atoms with Gasteiger partial charge in [-0.3, -0.25) is 14.4 Å². The van der Waals surface area contributed by atoms with Gasteiger partial charge >= 0.3 is 5.97 Å². The summed E-state index contributed by atoms with van der Waals surface area (Å²) in [6.07, 6.45) is -14.9. The minimum atomic E-state index is -3.31. The number of carboxylic acid groups (broad SMARTS) is 1. The summed E-state index contributed by atoms with van der Waals surface area (Å²) in [5.41, 5.74) is 0. The number of rotatable bonds is 63. The number of amides is 3. The van der Waals surface area contributed by atoms with Crippen LogP contribution in [0.5, 0.6) is 0 Å². The molecule has 0 aromatic rings. The first-order valence-corrected chi connectivity index (χ1v) is 46.4. The van der Waals surface area contributed by atoms with Gasteiger partial charge in [0.05, 0.1) is 70.5 Å². The normalized spacial score (nSPS) is 34.8. The lowest BCUT2D eigenvalue weighted by molar-refractivity contribution is -0.392. The molecule has 6 heterocycles. The number of ether oxygens (including phenoxy) is 12. The molecule has 24 N–H and O–H groups in total. The Balaban J connectivity index is 1.07. The molecule has 0 aliphatic carbocycles. The van der Waals surface area contributed by atoms with Crippen LogP contribution in [0.3, 0.4) is 0 Å². The van der Waals surface area contributed by atoms with Crippen molar-refractivity contribution in [2.45, 2.75) is 447 Å². The quantitative estimate of drug-likeness (QED) is 0.0247. The van der Waals surface area contributed by atoms with Crippen LogP contribution in [0.4, 0.5) is 0 Å². The lowest BCUT2D eigenvalue weighted by Crippen LogP contribution is -2.71. The van der Waals surface area contributed by atoms with Crippen molar-refractivity contribution in [1.29, 1.82) is 0 Å². The largest absolute Gasteiger partial charge is 0.477 e. The summed E-state index contributed by atoms with van der Waals surface area (Å²) in [5.74, 6) is -7.98. The maximum Gasteiger partial charge on any atom is 0.364 e. The monoisotopic (exact) mass is 1830 g/mol. The van der Waals surface area contributed by atoms with Crippen LogP contribution in [0, 0.1) is 0 Å². The highest BCUT2D eigenvalue weighted by molar-refractivity contribution is 5.78. The van der Waals surface area contributed by atoms with E-state index in [-0.39, 0.29) is 12.3 Å². The number of hydrogen-bond acceptors (Lipinski definition) is 36. The van der Waals surface area contributed by atoms with E-state index in [1.165, 1.54) is 148 Å². The number of carbonyl (C=O) groups is 4. The number of carboxylic acids is 1. The molecule has 33 atom stereocenters. The molecule has 3 amide bonds. The predicted molar refractivity (Wildman–Crippen MR) is 449 cm³/mol. The molecule has 0 aromatic heterocycles. The van der Waals surface area contributed by atoms with Crippen molar-refractivity contribution in [3.8, 4) is 0 Å². The number of unbranched alkanes of at least 4 members (excludes halogenated alkanes) is 30. The molecular weight excluding hydrogens is 1680 g/mol. The molecule has 6 fully saturated rings. The van der Waals surface area contributed by atoms with E-state index in [4.69, 9.17) is 56.8 Å². The average Bonchev–Trinajstić information content (AvgIpc) is 0.755. The summed E-state index contributed by atoms with van der Waals surface area (Å²) in [5, 5.41) is 241. The SMILES string of the molecule is CCCCCCCC/C=C\CCCCCCCCCCCCCCCC(=O)N[C@@H](CO[C@@H]1OC(CO)[C@@H](O[C@@H]2OC(CO)[C@H](O[C@@H]3OC(CO)[C@H](O)[C@H](O[C@@H]4OC(CO)[C@H](O)[C@H](O[C@@H]5OC(CO)[C@H](O)[C@H](O[C@]6(C(=O)O)CC(O)[C@@H](NC(=O)CO)C([C@H](O)[C@H](O)CO)O6)C5O)C4NC(C)=O)C3O)[C@H](O)C2O)[C@H](O)C1O)[C@H](O)/C=C/CCCCCCCCCCCCC. The standard InChI is InChI=1S/C87H155N3O37/c1-4-6-8-10-12-14-16-18-19-20-21-22-23-24-25-26-27-29-31-33-35-37-39-41-61(102)89-52(53(99)40-38-36-34-32-30-28-17-15-13-11-9-7-5-2)50-116-82-71(110)69(108)75(59(47-95)120-82)122-83-72(111)70(109)76(60(48-96)121-83)123-84-73(112)79(67(106)57(45-93)118-84)125-81-64(88-51(3)98)77(66(105)56(44-92)117-81)124-85-74(113)80(68(107)58(46-94)119-85)127-87(86(114)115)42-54(100)63(90-62(103)49-97)78(126-87)65(104)55(101)43-91/h18-19,38,40,52-60,63-85,91-97,99-101,104-113H,4-17,20-37,39,41-50H2,1-3H3,(H,88,98)(H,89,102)(H,90,103)(H,114,115)/b19-18-,40-38+/t52-,53+,54?,55+,56?,57?,58?,59?,60?,63+,64?,65+,66-,67-,68-,69+,70+,71?,72?,73?,74?,75+,76-,77+,78?,79-,80-,81-,82+,83-,84-,85-,87-/m0/s1. The zero-order valence-corrected chi connectivity index (χ0v) is 74.1. The third-order valence-corrected chi connectivity index (χ3v) is 24.5. The van der Waals surface area contributed by atoms with Gasteiger partial charge in [-0.15, -0.1) is 0 Å². The fourth-order valence-electron chi connectivity index (χ4n) is 16.9. The van der Waals surface area contributed by atoms with Crippen LogP contribution >= 0.6 is 0 Å². The number of hydrogen-bond donors (Lipinski definition) is 24. The van der Waals surface area contributed by atoms with Crippen molar-refractivity contribution in [1.82, 2.24) is 16.0 Å². The van der Waals surface area contributed by atoms with E-state index in [1.54, 1.807) is 6.08 Å². The van der Waals surface area contributed by atoms with Gasteiger partial charge in [0, 0.05) is 19.8 Å². The van der Waals surface area contributed by atoms with E-state index in [9.17, 15) is 126 Å². The highest BCUT2D eigenvalue weighted by Crippen LogP contribution is 2.41. The molecule has 6 aliphatic heterocycles. The van der Waals surface area contributed by atoms with Crippen molar-refractivity contribution >= 4 is 23.7 Å². The van der Waals surface area contributed by atoms with Crippen LogP contribution in [-0.2, 0) is 76.0 Å². The van der Waals surface area contributed by atoms with Crippen LogP contribution < -0.4 is 16.0 Å². The van der Waals surface area contributed by atoms with Gasteiger partial charge in [0.15, 0.2) is 31.5 Å². The fraction of sp³-hybridized carbons (Fsp3) is 0.908. The molecule has 127 heavy (non-hydrogen) atoms. The first-order chi connectivity index (χ1) is 61.0. The number of aliphatic hydroxyl groups excluding tert-OH is 20. The lowest BCUT2D eigenvalue weighted by atomic mass is 9.88. The Morgan fingerprint density at radius 3 is 1.25 bits per heavy atom. The second kappa shape index (κ2) is 60.4. The molecule has 0 spiro atoms. The van der Waals surface area contributed by atoms with Crippen molar-refractivity contribution in [3.05, 3.63) is 24.3 Å². The van der Waals surface area contributed by atoms with Crippen LogP contribution in [0.25, 0.3) is 0 Å². The van der Waals surface area contributed by atoms with Gasteiger partial charge < -0.3 is 180 Å². The number of aliphatic hydroxyl groups is 20. The maximum absolute atomic E-state index is 13.6. The second-order valence-corrected chi connectivity index (χ2v) is 34.6. The summed E-state index contributed by atoms with van der Waals surface area (Å²) >= 11 is 0. The molecule has 0 radical (unpaired) electrons. The Hall–Kier alpha value is -3.92. The molecule has 40 nitrogen and oxygen atoms in total. The van der Waals surface area contributed by atoms with Crippen molar-refractivity contribution in [2.75, 3.05) is 52.9 Å². The number of aliphatic carboxylic acids is 1. The van der Waals surface area contributed by atoms with Gasteiger partial charge in [0.2, 0.25) is 17.7 Å². The molecule has 6 aliphatic rings. The molecule has 740 valence electrons. The van der Waals surface area contributed by atoms with Crippen LogP contribution in [-0.4, -0.2) is 386 Å².